The van der Waals surface area contributed by atoms with Crippen molar-refractivity contribution >= 4 is 44.3 Å². The van der Waals surface area contributed by atoms with E-state index in [1.807, 2.05) is 0 Å². The van der Waals surface area contributed by atoms with Gasteiger partial charge in [0.1, 0.15) is 5.00 Å². The second kappa shape index (κ2) is 10.3. The third kappa shape index (κ3) is 5.04. The Morgan fingerprint density at radius 1 is 1.09 bits per heavy atom. The van der Waals surface area contributed by atoms with E-state index in [4.69, 9.17) is 9.47 Å². The molecule has 0 spiro atoms. The van der Waals surface area contributed by atoms with E-state index in [2.05, 4.69) is 5.32 Å². The number of fused-ring (bicyclic) bond motifs is 1. The number of hydrogen-bond donors (Lipinski definition) is 1. The fraction of sp³-hybridized carbons (Fsp3) is 0.435. The lowest BCUT2D eigenvalue weighted by atomic mass is 10.0. The van der Waals surface area contributed by atoms with Gasteiger partial charge in [-0.2, -0.15) is 4.31 Å². The summed E-state index contributed by atoms with van der Waals surface area (Å²) in [6, 6.07) is 5.74. The highest BCUT2D eigenvalue weighted by Crippen LogP contribution is 2.38. The van der Waals surface area contributed by atoms with Crippen LogP contribution in [0.25, 0.3) is 0 Å². The average molecular weight is 522 g/mol. The van der Waals surface area contributed by atoms with Gasteiger partial charge in [-0.05, 0) is 56.0 Å². The highest BCUT2D eigenvalue weighted by Gasteiger charge is 2.32. The molecule has 1 aromatic carbocycles. The van der Waals surface area contributed by atoms with E-state index in [-0.39, 0.29) is 29.2 Å². The van der Waals surface area contributed by atoms with Crippen molar-refractivity contribution in [2.75, 3.05) is 38.7 Å². The molecule has 0 bridgehead atoms. The lowest BCUT2D eigenvalue weighted by Crippen LogP contribution is -2.35. The van der Waals surface area contributed by atoms with Gasteiger partial charge in [-0.1, -0.05) is 0 Å². The first-order valence-corrected chi connectivity index (χ1v) is 13.6. The summed E-state index contributed by atoms with van der Waals surface area (Å²) >= 11 is 1.21. The van der Waals surface area contributed by atoms with Gasteiger partial charge >= 0.3 is 12.1 Å². The van der Waals surface area contributed by atoms with Crippen molar-refractivity contribution in [1.29, 1.82) is 0 Å². The standard InChI is InChI=1S/C23H27N3O7S2/c1-3-33-22(28)19-17-10-13-25(23(29)32-2)14-18(17)34-21(19)24-20(27)15-6-8-16(9-7-15)35(30,31)26-11-4-5-12-26/h6-9H,3-5,10-14H2,1-2H3,(H,24,27). The largest absolute Gasteiger partial charge is 0.462 e. The Hall–Kier alpha value is -2.96. The molecule has 0 unspecified atom stereocenters. The molecule has 0 saturated carbocycles. The Balaban J connectivity index is 1.57. The molecule has 1 N–H and O–H groups in total. The minimum Gasteiger partial charge on any atom is -0.462 e. The number of nitrogens with one attached hydrogen (secondary N) is 1. The maximum Gasteiger partial charge on any atom is 0.409 e. The van der Waals surface area contributed by atoms with E-state index in [0.717, 1.165) is 23.3 Å². The van der Waals surface area contributed by atoms with Crippen LogP contribution in [0.15, 0.2) is 29.2 Å². The van der Waals surface area contributed by atoms with E-state index in [1.165, 1.54) is 51.9 Å². The van der Waals surface area contributed by atoms with E-state index in [1.54, 1.807) is 6.92 Å². The fourth-order valence-electron chi connectivity index (χ4n) is 4.23. The fourth-order valence-corrected chi connectivity index (χ4v) is 6.99. The van der Waals surface area contributed by atoms with Crippen molar-refractivity contribution in [2.45, 2.75) is 37.6 Å². The van der Waals surface area contributed by atoms with Gasteiger partial charge in [0, 0.05) is 30.1 Å². The molecule has 2 aliphatic rings. The van der Waals surface area contributed by atoms with Crippen molar-refractivity contribution in [2.24, 2.45) is 0 Å². The molecule has 2 amide bonds. The predicted octanol–water partition coefficient (Wildman–Crippen LogP) is 3.09. The summed E-state index contributed by atoms with van der Waals surface area (Å²) in [7, 11) is -2.27. The average Bonchev–Trinajstić information content (AvgIpc) is 3.52. The highest BCUT2D eigenvalue weighted by molar-refractivity contribution is 7.89. The number of esters is 1. The van der Waals surface area contributed by atoms with Crippen molar-refractivity contribution in [3.63, 3.8) is 0 Å². The summed E-state index contributed by atoms with van der Waals surface area (Å²) in [5.41, 5.74) is 1.29. The van der Waals surface area contributed by atoms with Gasteiger partial charge in [-0.3, -0.25) is 4.79 Å². The number of carbonyl (C=O) groups is 3. The number of nitrogens with zero attached hydrogens (tertiary/aromatic N) is 2. The lowest BCUT2D eigenvalue weighted by molar-refractivity contribution is 0.0526. The van der Waals surface area contributed by atoms with Crippen LogP contribution in [0.1, 0.15) is 50.9 Å². The molecule has 0 aliphatic carbocycles. The molecule has 1 saturated heterocycles. The lowest BCUT2D eigenvalue weighted by Gasteiger charge is -2.25. The van der Waals surface area contributed by atoms with Crippen molar-refractivity contribution in [3.05, 3.63) is 45.8 Å². The number of ether oxygens (including phenoxy) is 2. The molecule has 0 radical (unpaired) electrons. The van der Waals surface area contributed by atoms with Crippen LogP contribution in [-0.4, -0.2) is 68.9 Å². The predicted molar refractivity (Wildman–Crippen MR) is 129 cm³/mol. The van der Waals surface area contributed by atoms with E-state index >= 15 is 0 Å². The molecular weight excluding hydrogens is 494 g/mol. The molecule has 2 aliphatic heterocycles. The van der Waals surface area contributed by atoms with Crippen LogP contribution in [0.4, 0.5) is 9.80 Å². The normalized spacial score (nSPS) is 16.0. The summed E-state index contributed by atoms with van der Waals surface area (Å²) in [5, 5.41) is 3.11. The van der Waals surface area contributed by atoms with Crippen molar-refractivity contribution in [3.8, 4) is 0 Å². The van der Waals surface area contributed by atoms with Gasteiger partial charge < -0.3 is 19.7 Å². The maximum absolute atomic E-state index is 13.0. The molecule has 1 fully saturated rings. The first-order chi connectivity index (χ1) is 16.8. The summed E-state index contributed by atoms with van der Waals surface area (Å²) in [5.74, 6) is -1.03. The number of amides is 2. The molecule has 0 atom stereocenters. The molecule has 1 aromatic heterocycles. The quantitative estimate of drug-likeness (QED) is 0.580. The van der Waals surface area contributed by atoms with Crippen LogP contribution in [0.2, 0.25) is 0 Å². The SMILES string of the molecule is CCOC(=O)c1c(NC(=O)c2ccc(S(=O)(=O)N3CCCC3)cc2)sc2c1CCN(C(=O)OC)C2. The number of rotatable bonds is 6. The minimum atomic E-state index is -3.58. The van der Waals surface area contributed by atoms with Crippen LogP contribution in [-0.2, 0) is 32.5 Å². The van der Waals surface area contributed by atoms with Crippen LogP contribution >= 0.6 is 11.3 Å². The number of benzene rings is 1. The zero-order valence-corrected chi connectivity index (χ0v) is 21.2. The summed E-state index contributed by atoms with van der Waals surface area (Å²) in [6.07, 6.45) is 1.64. The van der Waals surface area contributed by atoms with Crippen LogP contribution < -0.4 is 5.32 Å². The van der Waals surface area contributed by atoms with Gasteiger partial charge in [-0.25, -0.2) is 18.0 Å². The molecule has 35 heavy (non-hydrogen) atoms. The smallest absolute Gasteiger partial charge is 0.409 e. The van der Waals surface area contributed by atoms with Gasteiger partial charge in [-0.15, -0.1) is 11.3 Å². The molecule has 4 rings (SSSR count). The topological polar surface area (TPSA) is 122 Å². The zero-order valence-electron chi connectivity index (χ0n) is 19.5. The first kappa shape index (κ1) is 25.1. The second-order valence-electron chi connectivity index (χ2n) is 8.16. The van der Waals surface area contributed by atoms with Gasteiger partial charge in [0.2, 0.25) is 10.0 Å². The van der Waals surface area contributed by atoms with E-state index in [9.17, 15) is 22.8 Å². The van der Waals surface area contributed by atoms with Crippen LogP contribution in [0.3, 0.4) is 0 Å². The molecule has 2 aromatic rings. The molecule has 10 nitrogen and oxygen atoms in total. The Bertz CT molecular complexity index is 1230. The zero-order chi connectivity index (χ0) is 25.2. The van der Waals surface area contributed by atoms with Gasteiger partial charge in [0.25, 0.3) is 5.91 Å². The highest BCUT2D eigenvalue weighted by atomic mass is 32.2. The van der Waals surface area contributed by atoms with E-state index in [0.29, 0.717) is 31.1 Å². The summed E-state index contributed by atoms with van der Waals surface area (Å²) in [4.78, 5) is 40.1. The Kier molecular flexibility index (Phi) is 7.43. The maximum atomic E-state index is 13.0. The van der Waals surface area contributed by atoms with E-state index < -0.39 is 28.0 Å². The number of thiophene rings is 1. The number of carbonyl (C=O) groups excluding carboxylic acids is 3. The minimum absolute atomic E-state index is 0.137. The number of methoxy groups -OCH3 is 1. The first-order valence-electron chi connectivity index (χ1n) is 11.3. The van der Waals surface area contributed by atoms with Crippen LogP contribution in [0.5, 0.6) is 0 Å². The molecule has 188 valence electrons. The monoisotopic (exact) mass is 521 g/mol. The Labute approximate surface area is 207 Å². The number of sulfonamides is 1. The van der Waals surface area contributed by atoms with Crippen molar-refractivity contribution < 1.29 is 32.3 Å². The summed E-state index contributed by atoms with van der Waals surface area (Å²) in [6.45, 7) is 3.51. The van der Waals surface area contributed by atoms with Crippen LogP contribution in [0, 0.1) is 0 Å². The molecule has 12 heteroatoms. The van der Waals surface area contributed by atoms with Crippen molar-refractivity contribution in [1.82, 2.24) is 9.21 Å². The third-order valence-electron chi connectivity index (χ3n) is 6.02. The molecule has 3 heterocycles. The second-order valence-corrected chi connectivity index (χ2v) is 11.2. The van der Waals surface area contributed by atoms with Gasteiger partial charge in [0.15, 0.2) is 0 Å². The summed E-state index contributed by atoms with van der Waals surface area (Å²) < 4.78 is 36.9. The number of anilines is 1. The third-order valence-corrected chi connectivity index (χ3v) is 9.06. The Morgan fingerprint density at radius 2 is 1.77 bits per heavy atom. The Morgan fingerprint density at radius 3 is 2.40 bits per heavy atom. The van der Waals surface area contributed by atoms with Gasteiger partial charge in [0.05, 0.1) is 30.7 Å². The number of hydrogen-bond acceptors (Lipinski definition) is 8. The molecular formula is C23H27N3O7S2.